The molecule has 1 fully saturated rings. The van der Waals surface area contributed by atoms with E-state index in [1.54, 1.807) is 6.07 Å². The number of halogens is 1. The van der Waals surface area contributed by atoms with E-state index in [0.29, 0.717) is 22.7 Å². The molecule has 0 saturated carbocycles. The maximum absolute atomic E-state index is 8.87. The number of hydrogen-bond acceptors (Lipinski definition) is 3. The molecule has 1 aliphatic heterocycles. The Morgan fingerprint density at radius 2 is 2.00 bits per heavy atom. The fourth-order valence-corrected chi connectivity index (χ4v) is 2.61. The Morgan fingerprint density at radius 3 is 2.53 bits per heavy atom. The van der Waals surface area contributed by atoms with Gasteiger partial charge in [-0.15, -0.1) is 0 Å². The van der Waals surface area contributed by atoms with E-state index in [-0.39, 0.29) is 0 Å². The number of anilines is 1. The van der Waals surface area contributed by atoms with Crippen molar-refractivity contribution in [2.24, 2.45) is 0 Å². The molecule has 4 heteroatoms. The summed E-state index contributed by atoms with van der Waals surface area (Å²) in [5.41, 5.74) is 1.63. The maximum atomic E-state index is 8.87. The summed E-state index contributed by atoms with van der Waals surface area (Å²) >= 11 is 6.08. The van der Waals surface area contributed by atoms with Gasteiger partial charge in [-0.1, -0.05) is 11.6 Å². The molecule has 0 amide bonds. The minimum absolute atomic E-state index is 0.433. The third kappa shape index (κ3) is 2.38. The van der Waals surface area contributed by atoms with Crippen molar-refractivity contribution in [3.8, 4) is 6.07 Å². The predicted octanol–water partition coefficient (Wildman–Crippen LogP) is 2.40. The zero-order valence-corrected chi connectivity index (χ0v) is 10.8. The van der Waals surface area contributed by atoms with E-state index in [1.165, 1.54) is 0 Å². The van der Waals surface area contributed by atoms with Crippen LogP contribution in [0, 0.1) is 11.3 Å². The SMILES string of the molecule is CC1CNCC(C)N1c1ccc(C#N)c(Cl)c1. The minimum atomic E-state index is 0.433. The molecule has 1 heterocycles. The summed E-state index contributed by atoms with van der Waals surface area (Å²) in [5, 5.41) is 12.8. The van der Waals surface area contributed by atoms with E-state index in [4.69, 9.17) is 16.9 Å². The van der Waals surface area contributed by atoms with Gasteiger partial charge in [-0.05, 0) is 32.0 Å². The van der Waals surface area contributed by atoms with Crippen molar-refractivity contribution in [2.75, 3.05) is 18.0 Å². The number of nitrogens with one attached hydrogen (secondary N) is 1. The largest absolute Gasteiger partial charge is 0.364 e. The van der Waals surface area contributed by atoms with Crippen LogP contribution in [-0.4, -0.2) is 25.2 Å². The van der Waals surface area contributed by atoms with Gasteiger partial charge in [-0.25, -0.2) is 0 Å². The van der Waals surface area contributed by atoms with Gasteiger partial charge < -0.3 is 10.2 Å². The standard InChI is InChI=1S/C13H16ClN3/c1-9-7-16-8-10(2)17(9)12-4-3-11(6-15)13(14)5-12/h3-5,9-10,16H,7-8H2,1-2H3. The van der Waals surface area contributed by atoms with E-state index in [1.807, 2.05) is 12.1 Å². The molecule has 2 rings (SSSR count). The quantitative estimate of drug-likeness (QED) is 0.831. The number of hydrogen-bond donors (Lipinski definition) is 1. The monoisotopic (exact) mass is 249 g/mol. The highest BCUT2D eigenvalue weighted by Crippen LogP contribution is 2.27. The van der Waals surface area contributed by atoms with Crippen LogP contribution in [0.1, 0.15) is 19.4 Å². The highest BCUT2D eigenvalue weighted by molar-refractivity contribution is 6.32. The number of nitrogens with zero attached hydrogens (tertiary/aromatic N) is 2. The Morgan fingerprint density at radius 1 is 1.35 bits per heavy atom. The van der Waals surface area contributed by atoms with Crippen molar-refractivity contribution in [1.82, 2.24) is 5.32 Å². The third-order valence-corrected chi connectivity index (χ3v) is 3.51. The number of piperazine rings is 1. The van der Waals surface area contributed by atoms with E-state index in [9.17, 15) is 0 Å². The smallest absolute Gasteiger partial charge is 0.101 e. The Hall–Kier alpha value is -1.24. The van der Waals surface area contributed by atoms with E-state index in [2.05, 4.69) is 30.1 Å². The van der Waals surface area contributed by atoms with Crippen LogP contribution < -0.4 is 10.2 Å². The molecule has 1 aliphatic rings. The van der Waals surface area contributed by atoms with Crippen LogP contribution >= 0.6 is 11.6 Å². The van der Waals surface area contributed by atoms with Gasteiger partial charge in [0, 0.05) is 30.9 Å². The lowest BCUT2D eigenvalue weighted by Gasteiger charge is -2.41. The van der Waals surface area contributed by atoms with Gasteiger partial charge in [0.25, 0.3) is 0 Å². The first-order chi connectivity index (χ1) is 8.13. The molecule has 1 N–H and O–H groups in total. The molecule has 1 aromatic rings. The molecular formula is C13H16ClN3. The van der Waals surface area contributed by atoms with Crippen molar-refractivity contribution < 1.29 is 0 Å². The molecule has 0 spiro atoms. The number of nitriles is 1. The average Bonchev–Trinajstić information content (AvgIpc) is 2.29. The van der Waals surface area contributed by atoms with Crippen molar-refractivity contribution in [1.29, 1.82) is 5.26 Å². The van der Waals surface area contributed by atoms with E-state index >= 15 is 0 Å². The molecule has 0 bridgehead atoms. The topological polar surface area (TPSA) is 39.1 Å². The Balaban J connectivity index is 2.33. The first-order valence-corrected chi connectivity index (χ1v) is 6.20. The molecule has 0 aliphatic carbocycles. The average molecular weight is 250 g/mol. The summed E-state index contributed by atoms with van der Waals surface area (Å²) in [5.74, 6) is 0. The number of benzene rings is 1. The second kappa shape index (κ2) is 4.95. The minimum Gasteiger partial charge on any atom is -0.364 e. The first kappa shape index (κ1) is 12.2. The van der Waals surface area contributed by atoms with Gasteiger partial charge >= 0.3 is 0 Å². The van der Waals surface area contributed by atoms with Crippen LogP contribution in [0.25, 0.3) is 0 Å². The summed E-state index contributed by atoms with van der Waals surface area (Å²) in [7, 11) is 0. The normalized spacial score (nSPS) is 24.5. The highest BCUT2D eigenvalue weighted by atomic mass is 35.5. The van der Waals surface area contributed by atoms with Crippen LogP contribution in [-0.2, 0) is 0 Å². The van der Waals surface area contributed by atoms with Crippen LogP contribution in [0.4, 0.5) is 5.69 Å². The molecule has 1 aromatic carbocycles. The van der Waals surface area contributed by atoms with Crippen molar-refractivity contribution >= 4 is 17.3 Å². The third-order valence-electron chi connectivity index (χ3n) is 3.20. The number of rotatable bonds is 1. The van der Waals surface area contributed by atoms with Crippen LogP contribution in [0.3, 0.4) is 0 Å². The van der Waals surface area contributed by atoms with Crippen molar-refractivity contribution in [3.05, 3.63) is 28.8 Å². The second-order valence-corrected chi connectivity index (χ2v) is 4.95. The van der Waals surface area contributed by atoms with Gasteiger partial charge in [0.2, 0.25) is 0 Å². The van der Waals surface area contributed by atoms with Crippen LogP contribution in [0.15, 0.2) is 18.2 Å². The molecular weight excluding hydrogens is 234 g/mol. The van der Waals surface area contributed by atoms with Gasteiger partial charge in [0.1, 0.15) is 6.07 Å². The molecule has 1 saturated heterocycles. The highest BCUT2D eigenvalue weighted by Gasteiger charge is 2.24. The van der Waals surface area contributed by atoms with Crippen molar-refractivity contribution in [2.45, 2.75) is 25.9 Å². The molecule has 90 valence electrons. The lowest BCUT2D eigenvalue weighted by molar-refractivity contribution is 0.432. The Bertz CT molecular complexity index is 442. The summed E-state index contributed by atoms with van der Waals surface area (Å²) in [6, 6.07) is 8.60. The van der Waals surface area contributed by atoms with Gasteiger partial charge in [0.15, 0.2) is 0 Å². The van der Waals surface area contributed by atoms with Crippen LogP contribution in [0.2, 0.25) is 5.02 Å². The fourth-order valence-electron chi connectivity index (χ4n) is 2.40. The zero-order valence-electron chi connectivity index (χ0n) is 10.1. The molecule has 2 atom stereocenters. The Kier molecular flexibility index (Phi) is 3.56. The lowest BCUT2D eigenvalue weighted by Crippen LogP contribution is -2.55. The lowest BCUT2D eigenvalue weighted by atomic mass is 10.1. The van der Waals surface area contributed by atoms with Gasteiger partial charge in [0.05, 0.1) is 10.6 Å². The summed E-state index contributed by atoms with van der Waals surface area (Å²) in [6.45, 7) is 6.33. The molecule has 3 nitrogen and oxygen atoms in total. The zero-order chi connectivity index (χ0) is 12.4. The van der Waals surface area contributed by atoms with E-state index in [0.717, 1.165) is 18.8 Å². The first-order valence-electron chi connectivity index (χ1n) is 5.82. The Labute approximate surface area is 107 Å². The molecule has 0 aromatic heterocycles. The summed E-state index contributed by atoms with van der Waals surface area (Å²) in [6.07, 6.45) is 0. The van der Waals surface area contributed by atoms with Crippen LogP contribution in [0.5, 0.6) is 0 Å². The van der Waals surface area contributed by atoms with Crippen molar-refractivity contribution in [3.63, 3.8) is 0 Å². The predicted molar refractivity (Wildman–Crippen MR) is 70.4 cm³/mol. The second-order valence-electron chi connectivity index (χ2n) is 4.54. The van der Waals surface area contributed by atoms with Gasteiger partial charge in [-0.2, -0.15) is 5.26 Å². The van der Waals surface area contributed by atoms with Gasteiger partial charge in [-0.3, -0.25) is 0 Å². The molecule has 2 unspecified atom stereocenters. The maximum Gasteiger partial charge on any atom is 0.101 e. The fraction of sp³-hybridized carbons (Fsp3) is 0.462. The summed E-state index contributed by atoms with van der Waals surface area (Å²) < 4.78 is 0. The molecule has 17 heavy (non-hydrogen) atoms. The molecule has 0 radical (unpaired) electrons. The van der Waals surface area contributed by atoms with E-state index < -0.39 is 0 Å². The summed E-state index contributed by atoms with van der Waals surface area (Å²) in [4.78, 5) is 2.35.